The molecule has 4 nitrogen and oxygen atoms in total. The van der Waals surface area contributed by atoms with Crippen LogP contribution in [0.5, 0.6) is 5.75 Å². The van der Waals surface area contributed by atoms with Gasteiger partial charge in [0.05, 0.1) is 13.7 Å². The average Bonchev–Trinajstić information content (AvgIpc) is 2.64. The lowest BCUT2D eigenvalue weighted by atomic mass is 10.1. The third-order valence-corrected chi connectivity index (χ3v) is 3.70. The molecule has 2 rings (SSSR count). The minimum Gasteiger partial charge on any atom is -0.497 e. The lowest BCUT2D eigenvalue weighted by Gasteiger charge is -2.11. The summed E-state index contributed by atoms with van der Waals surface area (Å²) in [4.78, 5) is 4.64. The number of methoxy groups -OCH3 is 1. The van der Waals surface area contributed by atoms with Crippen molar-refractivity contribution in [2.24, 2.45) is 4.99 Å². The number of guanidine groups is 1. The third-order valence-electron chi connectivity index (χ3n) is 3.70. The van der Waals surface area contributed by atoms with Crippen LogP contribution in [-0.2, 0) is 13.0 Å². The highest BCUT2D eigenvalue weighted by Crippen LogP contribution is 2.11. The van der Waals surface area contributed by atoms with Crippen molar-refractivity contribution in [3.63, 3.8) is 0 Å². The van der Waals surface area contributed by atoms with Crippen LogP contribution in [0.4, 0.5) is 0 Å². The fourth-order valence-corrected chi connectivity index (χ4v) is 2.39. The first-order valence-corrected chi connectivity index (χ1v) is 8.51. The molecule has 0 atom stereocenters. The van der Waals surface area contributed by atoms with Gasteiger partial charge in [0.2, 0.25) is 0 Å². The van der Waals surface area contributed by atoms with Crippen LogP contribution < -0.4 is 15.4 Å². The molecule has 0 radical (unpaired) electrons. The van der Waals surface area contributed by atoms with Crippen molar-refractivity contribution in [3.05, 3.63) is 65.7 Å². The molecule has 0 aliphatic rings. The molecule has 0 fully saturated rings. The lowest BCUT2D eigenvalue weighted by Crippen LogP contribution is -2.37. The topological polar surface area (TPSA) is 45.7 Å². The van der Waals surface area contributed by atoms with E-state index in [1.54, 1.807) is 7.11 Å². The summed E-state index contributed by atoms with van der Waals surface area (Å²) in [6.07, 6.45) is 2.16. The summed E-state index contributed by atoms with van der Waals surface area (Å²) in [6.45, 7) is 4.49. The second-order valence-corrected chi connectivity index (χ2v) is 5.56. The van der Waals surface area contributed by atoms with Crippen LogP contribution in [0.15, 0.2) is 59.6 Å². The summed E-state index contributed by atoms with van der Waals surface area (Å²) in [5, 5.41) is 6.69. The second-order valence-electron chi connectivity index (χ2n) is 5.56. The Balaban J connectivity index is 0.00000312. The highest BCUT2D eigenvalue weighted by Gasteiger charge is 1.99. The van der Waals surface area contributed by atoms with Gasteiger partial charge in [-0.25, -0.2) is 4.99 Å². The molecule has 0 saturated carbocycles. The van der Waals surface area contributed by atoms with E-state index in [1.807, 2.05) is 24.3 Å². The second kappa shape index (κ2) is 12.6. The molecule has 0 bridgehead atoms. The van der Waals surface area contributed by atoms with Gasteiger partial charge in [0.25, 0.3) is 0 Å². The lowest BCUT2D eigenvalue weighted by molar-refractivity contribution is 0.414. The van der Waals surface area contributed by atoms with Crippen LogP contribution in [-0.4, -0.2) is 26.2 Å². The quantitative estimate of drug-likeness (QED) is 0.275. The number of benzene rings is 2. The predicted molar refractivity (Wildman–Crippen MR) is 116 cm³/mol. The highest BCUT2D eigenvalue weighted by atomic mass is 127. The number of aryl methyl sites for hydroxylation is 1. The number of aliphatic imine (C=N–C) groups is 1. The number of nitrogens with one attached hydrogen (secondary N) is 2. The maximum Gasteiger partial charge on any atom is 0.191 e. The molecule has 25 heavy (non-hydrogen) atoms. The molecule has 136 valence electrons. The Morgan fingerprint density at radius 3 is 2.32 bits per heavy atom. The Kier molecular flexibility index (Phi) is 10.7. The number of rotatable bonds is 8. The summed E-state index contributed by atoms with van der Waals surface area (Å²) in [5.74, 6) is 1.73. The van der Waals surface area contributed by atoms with Crippen LogP contribution in [0.3, 0.4) is 0 Å². The van der Waals surface area contributed by atoms with E-state index in [0.29, 0.717) is 6.54 Å². The van der Waals surface area contributed by atoms with E-state index < -0.39 is 0 Å². The van der Waals surface area contributed by atoms with Crippen molar-refractivity contribution in [3.8, 4) is 5.75 Å². The van der Waals surface area contributed by atoms with Gasteiger partial charge in [-0.15, -0.1) is 24.0 Å². The number of hydrogen-bond donors (Lipinski definition) is 2. The first kappa shape index (κ1) is 21.3. The third kappa shape index (κ3) is 8.25. The molecule has 5 heteroatoms. The molecule has 0 spiro atoms. The molecule has 0 heterocycles. The maximum atomic E-state index is 5.17. The van der Waals surface area contributed by atoms with Crippen LogP contribution in [0, 0.1) is 0 Å². The van der Waals surface area contributed by atoms with E-state index in [2.05, 4.69) is 52.9 Å². The van der Waals surface area contributed by atoms with Crippen LogP contribution in [0.25, 0.3) is 0 Å². The van der Waals surface area contributed by atoms with Crippen molar-refractivity contribution >= 4 is 29.9 Å². The van der Waals surface area contributed by atoms with Gasteiger partial charge >= 0.3 is 0 Å². The maximum absolute atomic E-state index is 5.17. The monoisotopic (exact) mass is 453 g/mol. The first-order valence-electron chi connectivity index (χ1n) is 8.51. The highest BCUT2D eigenvalue weighted by molar-refractivity contribution is 14.0. The SMILES string of the molecule is CCNC(=NCc1ccc(OC)cc1)NCCCc1ccccc1.I. The Hall–Kier alpha value is -1.76. The molecule has 0 aliphatic heterocycles. The van der Waals surface area contributed by atoms with Crippen molar-refractivity contribution in [2.75, 3.05) is 20.2 Å². The van der Waals surface area contributed by atoms with Crippen LogP contribution in [0.1, 0.15) is 24.5 Å². The minimum atomic E-state index is 0. The van der Waals surface area contributed by atoms with E-state index in [9.17, 15) is 0 Å². The molecule has 0 saturated heterocycles. The predicted octanol–water partition coefficient (Wildman–Crippen LogP) is 4.00. The van der Waals surface area contributed by atoms with Gasteiger partial charge in [0.1, 0.15) is 5.75 Å². The van der Waals surface area contributed by atoms with Gasteiger partial charge in [-0.05, 0) is 43.0 Å². The number of halogens is 1. The molecule has 0 amide bonds. The Morgan fingerprint density at radius 2 is 1.68 bits per heavy atom. The van der Waals surface area contributed by atoms with E-state index in [0.717, 1.165) is 43.2 Å². The van der Waals surface area contributed by atoms with E-state index in [1.165, 1.54) is 5.56 Å². The Labute approximate surface area is 168 Å². The van der Waals surface area contributed by atoms with Gasteiger partial charge < -0.3 is 15.4 Å². The summed E-state index contributed by atoms with van der Waals surface area (Å²) in [6, 6.07) is 18.6. The summed E-state index contributed by atoms with van der Waals surface area (Å²) in [5.41, 5.74) is 2.54. The molecule has 0 aromatic heterocycles. The number of hydrogen-bond acceptors (Lipinski definition) is 2. The molecule has 0 aliphatic carbocycles. The zero-order valence-electron chi connectivity index (χ0n) is 15.0. The van der Waals surface area contributed by atoms with Gasteiger partial charge in [-0.1, -0.05) is 42.5 Å². The van der Waals surface area contributed by atoms with Gasteiger partial charge in [0, 0.05) is 13.1 Å². The molecular weight excluding hydrogens is 425 g/mol. The zero-order chi connectivity index (χ0) is 17.0. The number of nitrogens with zero attached hydrogens (tertiary/aromatic N) is 1. The first-order chi connectivity index (χ1) is 11.8. The summed E-state index contributed by atoms with van der Waals surface area (Å²) < 4.78 is 5.17. The zero-order valence-corrected chi connectivity index (χ0v) is 17.3. The van der Waals surface area contributed by atoms with E-state index in [4.69, 9.17) is 4.74 Å². The fraction of sp³-hybridized carbons (Fsp3) is 0.350. The van der Waals surface area contributed by atoms with Gasteiger partial charge in [0.15, 0.2) is 5.96 Å². The summed E-state index contributed by atoms with van der Waals surface area (Å²) >= 11 is 0. The largest absolute Gasteiger partial charge is 0.497 e. The van der Waals surface area contributed by atoms with Gasteiger partial charge in [-0.3, -0.25) is 0 Å². The molecule has 2 N–H and O–H groups in total. The molecule has 0 unspecified atom stereocenters. The Bertz CT molecular complexity index is 615. The van der Waals surface area contributed by atoms with Crippen LogP contribution in [0.2, 0.25) is 0 Å². The van der Waals surface area contributed by atoms with Crippen molar-refractivity contribution < 1.29 is 4.74 Å². The van der Waals surface area contributed by atoms with E-state index >= 15 is 0 Å². The number of ether oxygens (including phenoxy) is 1. The fourth-order valence-electron chi connectivity index (χ4n) is 2.39. The van der Waals surface area contributed by atoms with Crippen molar-refractivity contribution in [1.29, 1.82) is 0 Å². The van der Waals surface area contributed by atoms with Crippen LogP contribution >= 0.6 is 24.0 Å². The molecular formula is C20H28IN3O. The molecule has 2 aromatic carbocycles. The summed E-state index contributed by atoms with van der Waals surface area (Å²) in [7, 11) is 1.68. The van der Waals surface area contributed by atoms with Crippen molar-refractivity contribution in [1.82, 2.24) is 10.6 Å². The van der Waals surface area contributed by atoms with Gasteiger partial charge in [-0.2, -0.15) is 0 Å². The normalized spacial score (nSPS) is 10.7. The van der Waals surface area contributed by atoms with E-state index in [-0.39, 0.29) is 24.0 Å². The van der Waals surface area contributed by atoms with Crippen molar-refractivity contribution in [2.45, 2.75) is 26.3 Å². The minimum absolute atomic E-state index is 0. The molecule has 2 aromatic rings. The standard InChI is InChI=1S/C20H27N3O.HI/c1-3-21-20(22-15-7-10-17-8-5-4-6-9-17)23-16-18-11-13-19(24-2)14-12-18;/h4-6,8-9,11-14H,3,7,10,15-16H2,1-2H3,(H2,21,22,23);1H. The smallest absolute Gasteiger partial charge is 0.191 e. The average molecular weight is 453 g/mol. The Morgan fingerprint density at radius 1 is 0.960 bits per heavy atom.